The first-order chi connectivity index (χ1) is 13.7. The maximum absolute atomic E-state index is 13.0. The molecule has 1 N–H and O–H groups in total. The van der Waals surface area contributed by atoms with Crippen molar-refractivity contribution in [2.24, 2.45) is 0 Å². The van der Waals surface area contributed by atoms with Gasteiger partial charge in [0.25, 0.3) is 0 Å². The molecule has 0 aromatic heterocycles. The van der Waals surface area contributed by atoms with Gasteiger partial charge in [-0.1, -0.05) is 42.8 Å². The second kappa shape index (κ2) is 8.44. The average molecular weight is 379 g/mol. The summed E-state index contributed by atoms with van der Waals surface area (Å²) in [5, 5.41) is 3.05. The van der Waals surface area contributed by atoms with Crippen molar-refractivity contribution < 1.29 is 14.3 Å². The van der Waals surface area contributed by atoms with Gasteiger partial charge in [-0.15, -0.1) is 0 Å². The summed E-state index contributed by atoms with van der Waals surface area (Å²) in [5.74, 6) is 0.0109. The summed E-state index contributed by atoms with van der Waals surface area (Å²) in [4.78, 5) is 28.6. The van der Waals surface area contributed by atoms with Gasteiger partial charge >= 0.3 is 6.09 Å². The Morgan fingerprint density at radius 2 is 1.93 bits per heavy atom. The number of benzene rings is 2. The summed E-state index contributed by atoms with van der Waals surface area (Å²) >= 11 is 0. The number of carbonyl (C=O) groups excluding carboxylic acids is 2. The van der Waals surface area contributed by atoms with E-state index in [-0.39, 0.29) is 18.0 Å². The molecule has 0 radical (unpaired) electrons. The molecule has 1 atom stereocenters. The highest BCUT2D eigenvalue weighted by Crippen LogP contribution is 2.25. The lowest BCUT2D eigenvalue weighted by Gasteiger charge is -2.34. The molecule has 2 aromatic rings. The number of likely N-dealkylation sites (tertiary alicyclic amines) is 1. The van der Waals surface area contributed by atoms with E-state index in [2.05, 4.69) is 22.3 Å². The van der Waals surface area contributed by atoms with Crippen molar-refractivity contribution in [2.75, 3.05) is 29.9 Å². The summed E-state index contributed by atoms with van der Waals surface area (Å²) in [7, 11) is 0. The standard InChI is InChI=1S/C22H25N3O3/c26-21(20-11-4-5-12-24(20)16-17-7-2-1-3-8-17)23-18-9-6-10-19(15-18)25-13-14-28-22(25)27/h1-3,6-10,15,20H,4-5,11-14,16H2,(H,23,26)/t20-/m0/s1. The Labute approximate surface area is 165 Å². The van der Waals surface area contributed by atoms with Crippen LogP contribution in [0.15, 0.2) is 54.6 Å². The predicted molar refractivity (Wildman–Crippen MR) is 108 cm³/mol. The zero-order chi connectivity index (χ0) is 19.3. The molecule has 6 nitrogen and oxygen atoms in total. The van der Waals surface area contributed by atoms with Crippen molar-refractivity contribution in [3.05, 3.63) is 60.2 Å². The van der Waals surface area contributed by atoms with Crippen molar-refractivity contribution in [1.82, 2.24) is 4.90 Å². The van der Waals surface area contributed by atoms with Gasteiger partial charge in [-0.05, 0) is 43.1 Å². The van der Waals surface area contributed by atoms with Crippen LogP contribution in [0.5, 0.6) is 0 Å². The number of carbonyl (C=O) groups is 2. The number of amides is 2. The molecule has 146 valence electrons. The summed E-state index contributed by atoms with van der Waals surface area (Å²) in [6, 6.07) is 17.5. The van der Waals surface area contributed by atoms with Crippen LogP contribution in [0, 0.1) is 0 Å². The molecule has 2 fully saturated rings. The molecule has 0 bridgehead atoms. The minimum atomic E-state index is -0.343. The summed E-state index contributed by atoms with van der Waals surface area (Å²) in [6.07, 6.45) is 2.69. The van der Waals surface area contributed by atoms with E-state index < -0.39 is 0 Å². The van der Waals surface area contributed by atoms with Crippen LogP contribution in [0.3, 0.4) is 0 Å². The predicted octanol–water partition coefficient (Wildman–Crippen LogP) is 3.64. The summed E-state index contributed by atoms with van der Waals surface area (Å²) in [6.45, 7) is 2.63. The van der Waals surface area contributed by atoms with Crippen LogP contribution < -0.4 is 10.2 Å². The van der Waals surface area contributed by atoms with E-state index in [0.29, 0.717) is 18.8 Å². The van der Waals surface area contributed by atoms with E-state index in [1.807, 2.05) is 42.5 Å². The van der Waals surface area contributed by atoms with Crippen LogP contribution in [-0.4, -0.2) is 42.6 Å². The number of nitrogens with one attached hydrogen (secondary N) is 1. The molecule has 4 rings (SSSR count). The topological polar surface area (TPSA) is 61.9 Å². The van der Waals surface area contributed by atoms with E-state index in [1.54, 1.807) is 4.90 Å². The smallest absolute Gasteiger partial charge is 0.414 e. The second-order valence-electron chi connectivity index (χ2n) is 7.27. The minimum absolute atomic E-state index is 0.0109. The van der Waals surface area contributed by atoms with Gasteiger partial charge in [0.2, 0.25) is 5.91 Å². The van der Waals surface area contributed by atoms with Gasteiger partial charge in [0.1, 0.15) is 6.61 Å². The molecule has 0 aliphatic carbocycles. The Balaban J connectivity index is 1.45. The molecule has 0 spiro atoms. The summed E-state index contributed by atoms with van der Waals surface area (Å²) < 4.78 is 5.00. The molecule has 0 unspecified atom stereocenters. The van der Waals surface area contributed by atoms with Crippen molar-refractivity contribution in [3.8, 4) is 0 Å². The van der Waals surface area contributed by atoms with E-state index in [9.17, 15) is 9.59 Å². The molecule has 2 aliphatic heterocycles. The maximum Gasteiger partial charge on any atom is 0.414 e. The van der Waals surface area contributed by atoms with Gasteiger partial charge in [0.15, 0.2) is 0 Å². The molecule has 2 saturated heterocycles. The molecule has 6 heteroatoms. The molecule has 2 heterocycles. The van der Waals surface area contributed by atoms with Crippen molar-refractivity contribution in [1.29, 1.82) is 0 Å². The normalized spacial score (nSPS) is 20.1. The third-order valence-corrected chi connectivity index (χ3v) is 5.33. The third kappa shape index (κ3) is 4.17. The lowest BCUT2D eigenvalue weighted by Crippen LogP contribution is -2.46. The van der Waals surface area contributed by atoms with Crippen molar-refractivity contribution >= 4 is 23.4 Å². The summed E-state index contributed by atoms with van der Waals surface area (Å²) in [5.41, 5.74) is 2.66. The zero-order valence-electron chi connectivity index (χ0n) is 15.8. The number of anilines is 2. The largest absolute Gasteiger partial charge is 0.447 e. The first kappa shape index (κ1) is 18.5. The number of rotatable bonds is 5. The SMILES string of the molecule is O=C(Nc1cccc(N2CCOC2=O)c1)[C@@H]1CCCCN1Cc1ccccc1. The number of hydrogen-bond donors (Lipinski definition) is 1. The van der Waals surface area contributed by atoms with Gasteiger partial charge in [0, 0.05) is 17.9 Å². The Morgan fingerprint density at radius 1 is 1.07 bits per heavy atom. The molecular weight excluding hydrogens is 354 g/mol. The van der Waals surface area contributed by atoms with Crippen LogP contribution in [0.2, 0.25) is 0 Å². The highest BCUT2D eigenvalue weighted by Gasteiger charge is 2.29. The number of piperidine rings is 1. The third-order valence-electron chi connectivity index (χ3n) is 5.33. The van der Waals surface area contributed by atoms with Crippen LogP contribution >= 0.6 is 0 Å². The quantitative estimate of drug-likeness (QED) is 0.862. The first-order valence-electron chi connectivity index (χ1n) is 9.84. The molecule has 2 aromatic carbocycles. The van der Waals surface area contributed by atoms with Crippen LogP contribution in [-0.2, 0) is 16.1 Å². The Morgan fingerprint density at radius 3 is 2.71 bits per heavy atom. The Kier molecular flexibility index (Phi) is 5.58. The number of ether oxygens (including phenoxy) is 1. The Hall–Kier alpha value is -2.86. The maximum atomic E-state index is 13.0. The van der Waals surface area contributed by atoms with Gasteiger partial charge in [0.05, 0.1) is 12.6 Å². The van der Waals surface area contributed by atoms with Gasteiger partial charge in [-0.3, -0.25) is 14.6 Å². The number of nitrogens with zero attached hydrogens (tertiary/aromatic N) is 2. The first-order valence-corrected chi connectivity index (χ1v) is 9.84. The fourth-order valence-electron chi connectivity index (χ4n) is 3.90. The monoisotopic (exact) mass is 379 g/mol. The molecular formula is C22H25N3O3. The number of cyclic esters (lactones) is 1. The lowest BCUT2D eigenvalue weighted by molar-refractivity contribution is -0.122. The molecule has 28 heavy (non-hydrogen) atoms. The van der Waals surface area contributed by atoms with Crippen molar-refractivity contribution in [2.45, 2.75) is 31.8 Å². The minimum Gasteiger partial charge on any atom is -0.447 e. The highest BCUT2D eigenvalue weighted by molar-refractivity contribution is 5.96. The van der Waals surface area contributed by atoms with Gasteiger partial charge < -0.3 is 10.1 Å². The Bertz CT molecular complexity index is 840. The van der Waals surface area contributed by atoms with Crippen LogP contribution in [0.1, 0.15) is 24.8 Å². The molecule has 2 amide bonds. The fraction of sp³-hybridized carbons (Fsp3) is 0.364. The van der Waals surface area contributed by atoms with E-state index in [4.69, 9.17) is 4.74 Å². The van der Waals surface area contributed by atoms with Gasteiger partial charge in [-0.25, -0.2) is 4.79 Å². The highest BCUT2D eigenvalue weighted by atomic mass is 16.6. The van der Waals surface area contributed by atoms with Crippen molar-refractivity contribution in [3.63, 3.8) is 0 Å². The molecule has 0 saturated carbocycles. The zero-order valence-corrected chi connectivity index (χ0v) is 15.8. The molecule has 2 aliphatic rings. The van der Waals surface area contributed by atoms with Gasteiger partial charge in [-0.2, -0.15) is 0 Å². The second-order valence-corrected chi connectivity index (χ2v) is 7.27. The fourth-order valence-corrected chi connectivity index (χ4v) is 3.90. The van der Waals surface area contributed by atoms with E-state index >= 15 is 0 Å². The average Bonchev–Trinajstić information content (AvgIpc) is 3.15. The van der Waals surface area contributed by atoms with E-state index in [0.717, 1.165) is 38.0 Å². The lowest BCUT2D eigenvalue weighted by atomic mass is 10.00. The number of hydrogen-bond acceptors (Lipinski definition) is 4. The van der Waals surface area contributed by atoms with Crippen LogP contribution in [0.4, 0.5) is 16.2 Å². The van der Waals surface area contributed by atoms with E-state index in [1.165, 1.54) is 5.56 Å². The van der Waals surface area contributed by atoms with Crippen LogP contribution in [0.25, 0.3) is 0 Å².